The first-order valence-electron chi connectivity index (χ1n) is 6.13. The molecule has 4 heteroatoms. The normalized spacial score (nSPS) is 12.2. The molecule has 1 aromatic heterocycles. The van der Waals surface area contributed by atoms with Crippen LogP contribution >= 0.6 is 0 Å². The summed E-state index contributed by atoms with van der Waals surface area (Å²) in [5.74, 6) is 0.248. The van der Waals surface area contributed by atoms with E-state index in [1.165, 1.54) is 7.11 Å². The van der Waals surface area contributed by atoms with Gasteiger partial charge in [-0.05, 0) is 50.6 Å². The number of methoxy groups -OCH3 is 1. The van der Waals surface area contributed by atoms with E-state index in [0.29, 0.717) is 5.75 Å². The van der Waals surface area contributed by atoms with E-state index in [4.69, 9.17) is 4.74 Å². The summed E-state index contributed by atoms with van der Waals surface area (Å²) in [4.78, 5) is 15.8. The van der Waals surface area contributed by atoms with Crippen molar-refractivity contribution in [2.45, 2.75) is 26.9 Å². The van der Waals surface area contributed by atoms with E-state index in [2.05, 4.69) is 9.72 Å². The number of ether oxygens (including phenoxy) is 2. The van der Waals surface area contributed by atoms with Crippen LogP contribution in [0.2, 0.25) is 0 Å². The quantitative estimate of drug-likeness (QED) is 0.795. The van der Waals surface area contributed by atoms with Crippen LogP contribution in [0.15, 0.2) is 24.3 Å². The molecular formula is C15H17NO3. The Labute approximate surface area is 112 Å². The largest absolute Gasteiger partial charge is 0.479 e. The van der Waals surface area contributed by atoms with Gasteiger partial charge < -0.3 is 9.47 Å². The number of nitrogens with zero attached hydrogens (tertiary/aromatic N) is 1. The van der Waals surface area contributed by atoms with Gasteiger partial charge in [-0.2, -0.15) is 0 Å². The maximum atomic E-state index is 11.3. The van der Waals surface area contributed by atoms with E-state index in [-0.39, 0.29) is 5.97 Å². The summed E-state index contributed by atoms with van der Waals surface area (Å²) in [6.45, 7) is 5.66. The molecule has 19 heavy (non-hydrogen) atoms. The monoisotopic (exact) mass is 259 g/mol. The molecule has 0 fully saturated rings. The molecule has 0 bridgehead atoms. The molecule has 100 valence electrons. The molecule has 1 heterocycles. The van der Waals surface area contributed by atoms with Crippen LogP contribution in [0.3, 0.4) is 0 Å². The van der Waals surface area contributed by atoms with Gasteiger partial charge in [-0.15, -0.1) is 0 Å². The van der Waals surface area contributed by atoms with Crippen LogP contribution in [0.4, 0.5) is 0 Å². The van der Waals surface area contributed by atoms with Crippen molar-refractivity contribution in [3.63, 3.8) is 0 Å². The molecule has 0 saturated heterocycles. The Bertz CT molecular complexity index is 622. The minimum atomic E-state index is -0.624. The number of fused-ring (bicyclic) bond motifs is 1. The topological polar surface area (TPSA) is 48.4 Å². The Morgan fingerprint density at radius 1 is 1.26 bits per heavy atom. The number of pyridine rings is 1. The van der Waals surface area contributed by atoms with Gasteiger partial charge >= 0.3 is 5.97 Å². The number of hydrogen-bond acceptors (Lipinski definition) is 4. The highest BCUT2D eigenvalue weighted by Crippen LogP contribution is 2.24. The predicted octanol–water partition coefficient (Wildman–Crippen LogP) is 2.79. The maximum Gasteiger partial charge on any atom is 0.346 e. The van der Waals surface area contributed by atoms with Crippen molar-refractivity contribution in [1.29, 1.82) is 0 Å². The lowest BCUT2D eigenvalue weighted by Crippen LogP contribution is -2.24. The van der Waals surface area contributed by atoms with Crippen molar-refractivity contribution in [3.8, 4) is 5.75 Å². The molecule has 4 nitrogen and oxygen atoms in total. The zero-order valence-electron chi connectivity index (χ0n) is 11.6. The summed E-state index contributed by atoms with van der Waals surface area (Å²) in [5, 5.41) is 1.03. The first-order valence-corrected chi connectivity index (χ1v) is 6.13. The Morgan fingerprint density at radius 3 is 2.68 bits per heavy atom. The molecule has 0 spiro atoms. The second-order valence-electron chi connectivity index (χ2n) is 4.54. The van der Waals surface area contributed by atoms with Gasteiger partial charge in [-0.3, -0.25) is 4.98 Å². The van der Waals surface area contributed by atoms with E-state index in [1.54, 1.807) is 6.92 Å². The van der Waals surface area contributed by atoms with Crippen molar-refractivity contribution in [1.82, 2.24) is 4.98 Å². The number of aryl methyl sites for hydroxylation is 2. The van der Waals surface area contributed by atoms with Crippen LogP contribution in [0.25, 0.3) is 10.9 Å². The second-order valence-corrected chi connectivity index (χ2v) is 4.54. The third-order valence-electron chi connectivity index (χ3n) is 2.96. The third kappa shape index (κ3) is 2.84. The summed E-state index contributed by atoms with van der Waals surface area (Å²) >= 11 is 0. The van der Waals surface area contributed by atoms with Gasteiger partial charge in [-0.25, -0.2) is 4.79 Å². The fourth-order valence-corrected chi connectivity index (χ4v) is 2.03. The van der Waals surface area contributed by atoms with Crippen LogP contribution in [-0.2, 0) is 9.53 Å². The number of aromatic nitrogens is 1. The molecule has 1 atom stereocenters. The first-order chi connectivity index (χ1) is 9.01. The lowest BCUT2D eigenvalue weighted by atomic mass is 10.1. The van der Waals surface area contributed by atoms with E-state index in [9.17, 15) is 4.79 Å². The average molecular weight is 259 g/mol. The molecule has 1 unspecified atom stereocenters. The molecule has 1 aromatic carbocycles. The van der Waals surface area contributed by atoms with E-state index >= 15 is 0 Å². The smallest absolute Gasteiger partial charge is 0.346 e. The van der Waals surface area contributed by atoms with Crippen LogP contribution < -0.4 is 4.74 Å². The van der Waals surface area contributed by atoms with Gasteiger partial charge in [0.25, 0.3) is 0 Å². The van der Waals surface area contributed by atoms with Crippen LogP contribution in [0.5, 0.6) is 5.75 Å². The molecular weight excluding hydrogens is 242 g/mol. The van der Waals surface area contributed by atoms with Crippen LogP contribution in [-0.4, -0.2) is 24.2 Å². The first kappa shape index (κ1) is 13.3. The number of rotatable bonds is 3. The van der Waals surface area contributed by atoms with E-state index < -0.39 is 6.10 Å². The maximum absolute atomic E-state index is 11.3. The van der Waals surface area contributed by atoms with Gasteiger partial charge in [0.1, 0.15) is 5.75 Å². The van der Waals surface area contributed by atoms with E-state index in [0.717, 1.165) is 22.2 Å². The third-order valence-corrected chi connectivity index (χ3v) is 2.96. The second kappa shape index (κ2) is 5.26. The summed E-state index contributed by atoms with van der Waals surface area (Å²) in [6.07, 6.45) is -0.624. The number of carbonyl (C=O) groups is 1. The molecule has 0 amide bonds. The van der Waals surface area contributed by atoms with Crippen molar-refractivity contribution in [3.05, 3.63) is 35.5 Å². The zero-order chi connectivity index (χ0) is 14.0. The molecule has 2 aromatic rings. The Morgan fingerprint density at radius 2 is 2.00 bits per heavy atom. The Hall–Kier alpha value is -2.10. The summed E-state index contributed by atoms with van der Waals surface area (Å²) in [7, 11) is 1.35. The van der Waals surface area contributed by atoms with Gasteiger partial charge in [0.15, 0.2) is 6.10 Å². The fourth-order valence-electron chi connectivity index (χ4n) is 2.03. The van der Waals surface area contributed by atoms with Crippen LogP contribution in [0, 0.1) is 13.8 Å². The SMILES string of the molecule is COC(=O)C(C)Oc1ccc2nc(C)cc(C)c2c1. The predicted molar refractivity (Wildman–Crippen MR) is 73.3 cm³/mol. The summed E-state index contributed by atoms with van der Waals surface area (Å²) < 4.78 is 10.2. The van der Waals surface area contributed by atoms with Crippen molar-refractivity contribution in [2.24, 2.45) is 0 Å². The minimum absolute atomic E-state index is 0.390. The Kier molecular flexibility index (Phi) is 3.69. The highest BCUT2D eigenvalue weighted by molar-refractivity contribution is 5.84. The number of carbonyl (C=O) groups excluding carboxylic acids is 1. The van der Waals surface area contributed by atoms with Gasteiger partial charge in [0.05, 0.1) is 12.6 Å². The number of esters is 1. The molecule has 2 rings (SSSR count). The molecule has 0 N–H and O–H groups in total. The number of benzene rings is 1. The summed E-state index contributed by atoms with van der Waals surface area (Å²) in [6, 6.07) is 7.63. The van der Waals surface area contributed by atoms with Gasteiger partial charge in [0.2, 0.25) is 0 Å². The van der Waals surface area contributed by atoms with E-state index in [1.807, 2.05) is 38.1 Å². The van der Waals surface area contributed by atoms with Crippen molar-refractivity contribution < 1.29 is 14.3 Å². The number of hydrogen-bond donors (Lipinski definition) is 0. The molecule has 0 radical (unpaired) electrons. The van der Waals surface area contributed by atoms with Gasteiger partial charge in [0, 0.05) is 11.1 Å². The lowest BCUT2D eigenvalue weighted by Gasteiger charge is -2.13. The minimum Gasteiger partial charge on any atom is -0.479 e. The molecule has 0 aliphatic carbocycles. The zero-order valence-corrected chi connectivity index (χ0v) is 11.6. The molecule has 0 saturated carbocycles. The Balaban J connectivity index is 2.34. The van der Waals surface area contributed by atoms with Crippen molar-refractivity contribution in [2.75, 3.05) is 7.11 Å². The van der Waals surface area contributed by atoms with Gasteiger partial charge in [-0.1, -0.05) is 0 Å². The highest BCUT2D eigenvalue weighted by atomic mass is 16.6. The molecule has 0 aliphatic heterocycles. The fraction of sp³-hybridized carbons (Fsp3) is 0.333. The van der Waals surface area contributed by atoms with Crippen LogP contribution in [0.1, 0.15) is 18.2 Å². The standard InChI is InChI=1S/C15H17NO3/c1-9-7-10(2)16-14-6-5-12(8-13(9)14)19-11(3)15(17)18-4/h5-8,11H,1-4H3. The summed E-state index contributed by atoms with van der Waals surface area (Å²) in [5.41, 5.74) is 3.05. The molecule has 0 aliphatic rings. The average Bonchev–Trinajstić information content (AvgIpc) is 2.38. The van der Waals surface area contributed by atoms with Crippen molar-refractivity contribution >= 4 is 16.9 Å². The highest BCUT2D eigenvalue weighted by Gasteiger charge is 2.15. The lowest BCUT2D eigenvalue weighted by molar-refractivity contribution is -0.147.